The lowest BCUT2D eigenvalue weighted by Gasteiger charge is -2.09. The van der Waals surface area contributed by atoms with Gasteiger partial charge in [0.05, 0.1) is 31.6 Å². The van der Waals surface area contributed by atoms with Gasteiger partial charge < -0.3 is 9.47 Å². The van der Waals surface area contributed by atoms with E-state index in [1.807, 2.05) is 30.3 Å². The molecule has 0 fully saturated rings. The fourth-order valence-electron chi connectivity index (χ4n) is 1.34. The molecule has 17 heavy (non-hydrogen) atoms. The van der Waals surface area contributed by atoms with E-state index in [4.69, 9.17) is 21.1 Å². The van der Waals surface area contributed by atoms with Crippen LogP contribution in [0.15, 0.2) is 30.3 Å². The maximum absolute atomic E-state index is 11.1. The van der Waals surface area contributed by atoms with Crippen molar-refractivity contribution in [3.63, 3.8) is 0 Å². The molecular formula is C13H17ClO3. The third-order valence-electron chi connectivity index (χ3n) is 2.10. The van der Waals surface area contributed by atoms with Gasteiger partial charge in [-0.3, -0.25) is 4.79 Å². The van der Waals surface area contributed by atoms with E-state index in [0.717, 1.165) is 5.56 Å². The second kappa shape index (κ2) is 8.09. The second-order valence-electron chi connectivity index (χ2n) is 3.61. The molecule has 3 nitrogen and oxygen atoms in total. The number of halogens is 1. The summed E-state index contributed by atoms with van der Waals surface area (Å²) in [5.41, 5.74) is 1.09. The molecule has 94 valence electrons. The zero-order valence-corrected chi connectivity index (χ0v) is 10.7. The molecular weight excluding hydrogens is 240 g/mol. The zero-order chi connectivity index (χ0) is 12.5. The fourth-order valence-corrected chi connectivity index (χ4v) is 1.55. The number of esters is 1. The van der Waals surface area contributed by atoms with Crippen LogP contribution in [0.1, 0.15) is 18.9 Å². The van der Waals surface area contributed by atoms with Gasteiger partial charge in [0, 0.05) is 0 Å². The molecule has 1 atom stereocenters. The Hall–Kier alpha value is -1.06. The Morgan fingerprint density at radius 1 is 1.35 bits per heavy atom. The van der Waals surface area contributed by atoms with Crippen molar-refractivity contribution in [2.75, 3.05) is 13.2 Å². The van der Waals surface area contributed by atoms with Crippen LogP contribution in [-0.2, 0) is 20.9 Å². The minimum absolute atomic E-state index is 0.185. The van der Waals surface area contributed by atoms with Crippen LogP contribution in [0.4, 0.5) is 0 Å². The van der Waals surface area contributed by atoms with E-state index in [2.05, 4.69) is 0 Å². The lowest BCUT2D eigenvalue weighted by Crippen LogP contribution is -2.16. The van der Waals surface area contributed by atoms with Gasteiger partial charge in [0.2, 0.25) is 0 Å². The maximum atomic E-state index is 11.1. The van der Waals surface area contributed by atoms with Gasteiger partial charge in [-0.15, -0.1) is 11.6 Å². The highest BCUT2D eigenvalue weighted by molar-refractivity contribution is 6.21. The molecule has 0 aliphatic rings. The number of ether oxygens (including phenoxy) is 2. The molecule has 0 amide bonds. The zero-order valence-electron chi connectivity index (χ0n) is 9.90. The first kappa shape index (κ1) is 14.0. The number of hydrogen-bond donors (Lipinski definition) is 0. The van der Waals surface area contributed by atoms with Crippen LogP contribution < -0.4 is 0 Å². The summed E-state index contributed by atoms with van der Waals surface area (Å²) < 4.78 is 10.2. The molecule has 0 N–H and O–H groups in total. The van der Waals surface area contributed by atoms with Crippen molar-refractivity contribution in [3.8, 4) is 0 Å². The monoisotopic (exact) mass is 256 g/mol. The van der Waals surface area contributed by atoms with Crippen LogP contribution in [0.5, 0.6) is 0 Å². The van der Waals surface area contributed by atoms with Crippen molar-refractivity contribution in [2.45, 2.75) is 25.3 Å². The van der Waals surface area contributed by atoms with Crippen LogP contribution in [0.25, 0.3) is 0 Å². The highest BCUT2D eigenvalue weighted by Crippen LogP contribution is 2.07. The average Bonchev–Trinajstić information content (AvgIpc) is 2.30. The van der Waals surface area contributed by atoms with Gasteiger partial charge in [0.25, 0.3) is 0 Å². The van der Waals surface area contributed by atoms with Crippen molar-refractivity contribution >= 4 is 17.6 Å². The van der Waals surface area contributed by atoms with E-state index in [9.17, 15) is 4.79 Å². The van der Waals surface area contributed by atoms with Crippen LogP contribution in [0, 0.1) is 0 Å². The molecule has 0 aliphatic carbocycles. The predicted molar refractivity (Wildman–Crippen MR) is 67.0 cm³/mol. The molecule has 0 radical (unpaired) electrons. The Labute approximate surface area is 107 Å². The molecule has 4 heteroatoms. The third-order valence-corrected chi connectivity index (χ3v) is 2.38. The SMILES string of the molecule is CCOC(=O)CC(Cl)COCc1ccccc1. The number of hydrogen-bond acceptors (Lipinski definition) is 3. The highest BCUT2D eigenvalue weighted by Gasteiger charge is 2.11. The molecule has 0 bridgehead atoms. The Morgan fingerprint density at radius 2 is 2.06 bits per heavy atom. The lowest BCUT2D eigenvalue weighted by molar-refractivity contribution is -0.143. The maximum Gasteiger partial charge on any atom is 0.307 e. The van der Waals surface area contributed by atoms with E-state index in [1.165, 1.54) is 0 Å². The molecule has 1 unspecified atom stereocenters. The summed E-state index contributed by atoms with van der Waals surface area (Å²) in [4.78, 5) is 11.1. The molecule has 0 saturated heterocycles. The Bertz CT molecular complexity index is 327. The fraction of sp³-hybridized carbons (Fsp3) is 0.462. The molecule has 1 rings (SSSR count). The summed E-state index contributed by atoms with van der Waals surface area (Å²) in [6.07, 6.45) is 0.185. The Kier molecular flexibility index (Phi) is 6.67. The van der Waals surface area contributed by atoms with Gasteiger partial charge >= 0.3 is 5.97 Å². The molecule has 0 aromatic heterocycles. The molecule has 1 aromatic rings. The first-order valence-electron chi connectivity index (χ1n) is 5.63. The van der Waals surface area contributed by atoms with Crippen LogP contribution in [-0.4, -0.2) is 24.6 Å². The first-order chi connectivity index (χ1) is 8.22. The van der Waals surface area contributed by atoms with Gasteiger partial charge in [-0.2, -0.15) is 0 Å². The first-order valence-corrected chi connectivity index (χ1v) is 6.07. The highest BCUT2D eigenvalue weighted by atomic mass is 35.5. The molecule has 0 spiro atoms. The van der Waals surface area contributed by atoms with Crippen molar-refractivity contribution in [3.05, 3.63) is 35.9 Å². The van der Waals surface area contributed by atoms with E-state index in [-0.39, 0.29) is 17.8 Å². The summed E-state index contributed by atoms with van der Waals surface area (Å²) in [5.74, 6) is -0.282. The van der Waals surface area contributed by atoms with Crippen molar-refractivity contribution in [2.24, 2.45) is 0 Å². The van der Waals surface area contributed by atoms with Crippen molar-refractivity contribution in [1.82, 2.24) is 0 Å². The minimum Gasteiger partial charge on any atom is -0.466 e. The molecule has 0 aliphatic heterocycles. The number of benzene rings is 1. The molecule has 1 aromatic carbocycles. The van der Waals surface area contributed by atoms with Gasteiger partial charge in [0.1, 0.15) is 0 Å². The molecule has 0 heterocycles. The quantitative estimate of drug-likeness (QED) is 0.556. The van der Waals surface area contributed by atoms with Gasteiger partial charge in [0.15, 0.2) is 0 Å². The predicted octanol–water partition coefficient (Wildman–Crippen LogP) is 2.76. The Morgan fingerprint density at radius 3 is 2.71 bits per heavy atom. The number of carbonyl (C=O) groups is 1. The summed E-state index contributed by atoms with van der Waals surface area (Å²) in [7, 11) is 0. The minimum atomic E-state index is -0.335. The summed E-state index contributed by atoms with van der Waals surface area (Å²) in [6.45, 7) is 3.00. The third kappa shape index (κ3) is 6.29. The molecule has 0 saturated carbocycles. The summed E-state index contributed by atoms with van der Waals surface area (Å²) in [6, 6.07) is 9.82. The van der Waals surface area contributed by atoms with Crippen LogP contribution >= 0.6 is 11.6 Å². The van der Waals surface area contributed by atoms with Gasteiger partial charge in [-0.25, -0.2) is 0 Å². The lowest BCUT2D eigenvalue weighted by atomic mass is 10.2. The second-order valence-corrected chi connectivity index (χ2v) is 4.22. The summed E-state index contributed by atoms with van der Waals surface area (Å²) in [5, 5.41) is -0.335. The number of alkyl halides is 1. The topological polar surface area (TPSA) is 35.5 Å². The summed E-state index contributed by atoms with van der Waals surface area (Å²) >= 11 is 5.95. The Balaban J connectivity index is 2.16. The van der Waals surface area contributed by atoms with E-state index in [0.29, 0.717) is 19.8 Å². The van der Waals surface area contributed by atoms with Crippen molar-refractivity contribution < 1.29 is 14.3 Å². The van der Waals surface area contributed by atoms with E-state index >= 15 is 0 Å². The standard InChI is InChI=1S/C13H17ClO3/c1-2-17-13(15)8-12(14)10-16-9-11-6-4-3-5-7-11/h3-7,12H,2,8-10H2,1H3. The van der Waals surface area contributed by atoms with Gasteiger partial charge in [-0.05, 0) is 12.5 Å². The average molecular weight is 257 g/mol. The van der Waals surface area contributed by atoms with E-state index in [1.54, 1.807) is 6.92 Å². The number of carbonyl (C=O) groups excluding carboxylic acids is 1. The largest absolute Gasteiger partial charge is 0.466 e. The smallest absolute Gasteiger partial charge is 0.307 e. The normalized spacial score (nSPS) is 12.1. The van der Waals surface area contributed by atoms with Crippen LogP contribution in [0.3, 0.4) is 0 Å². The number of rotatable bonds is 7. The van der Waals surface area contributed by atoms with Crippen molar-refractivity contribution in [1.29, 1.82) is 0 Å². The van der Waals surface area contributed by atoms with E-state index < -0.39 is 0 Å². The van der Waals surface area contributed by atoms with Crippen LogP contribution in [0.2, 0.25) is 0 Å². The van der Waals surface area contributed by atoms with Gasteiger partial charge in [-0.1, -0.05) is 30.3 Å².